The molecule has 35 heavy (non-hydrogen) atoms. The third kappa shape index (κ3) is 4.49. The molecule has 0 aliphatic rings. The third-order valence-electron chi connectivity index (χ3n) is 5.37. The molecule has 3 N–H and O–H groups in total. The predicted octanol–water partition coefficient (Wildman–Crippen LogP) is 4.04. The first kappa shape index (κ1) is 22.0. The molecule has 0 aliphatic carbocycles. The summed E-state index contributed by atoms with van der Waals surface area (Å²) in [7, 11) is 0. The molecular weight excluding hydrogens is 454 g/mol. The molecule has 0 aliphatic heterocycles. The number of aromatic amines is 1. The molecule has 10 heteroatoms. The van der Waals surface area contributed by atoms with E-state index in [0.717, 1.165) is 23.3 Å². The van der Waals surface area contributed by atoms with Crippen molar-refractivity contribution < 1.29 is 13.6 Å². The van der Waals surface area contributed by atoms with E-state index in [4.69, 9.17) is 0 Å². The number of halogens is 2. The van der Waals surface area contributed by atoms with E-state index in [1.807, 2.05) is 30.3 Å². The highest BCUT2D eigenvalue weighted by atomic mass is 19.2. The molecule has 2 aromatic carbocycles. The number of benzene rings is 2. The molecule has 0 unspecified atom stereocenters. The number of aromatic nitrogens is 4. The maximum atomic E-state index is 13.4. The fourth-order valence-electron chi connectivity index (χ4n) is 3.67. The molecule has 0 saturated heterocycles. The normalized spacial score (nSPS) is 10.9. The van der Waals surface area contributed by atoms with Gasteiger partial charge in [-0.3, -0.25) is 4.79 Å². The van der Waals surface area contributed by atoms with Crippen LogP contribution in [0.5, 0.6) is 0 Å². The number of nitrogens with one attached hydrogen (secondary N) is 3. The van der Waals surface area contributed by atoms with Gasteiger partial charge in [0.1, 0.15) is 5.82 Å². The molecular formula is C25H18F2N6O2. The van der Waals surface area contributed by atoms with Crippen LogP contribution in [0.1, 0.15) is 15.9 Å². The molecule has 0 fully saturated rings. The number of hydrogen-bond acceptors (Lipinski definition) is 5. The lowest BCUT2D eigenvalue weighted by atomic mass is 10.1. The van der Waals surface area contributed by atoms with Crippen LogP contribution in [0.2, 0.25) is 0 Å². The van der Waals surface area contributed by atoms with Crippen molar-refractivity contribution in [2.45, 2.75) is 6.54 Å². The fraction of sp³-hybridized carbons (Fsp3) is 0.0400. The van der Waals surface area contributed by atoms with Gasteiger partial charge in [0.05, 0.1) is 5.56 Å². The molecule has 3 heterocycles. The van der Waals surface area contributed by atoms with Crippen molar-refractivity contribution >= 4 is 23.1 Å². The first-order valence-corrected chi connectivity index (χ1v) is 10.6. The lowest BCUT2D eigenvalue weighted by Gasteiger charge is -2.12. The minimum atomic E-state index is -0.976. The van der Waals surface area contributed by atoms with E-state index in [1.54, 1.807) is 30.6 Å². The Morgan fingerprint density at radius 1 is 1.00 bits per heavy atom. The van der Waals surface area contributed by atoms with E-state index in [2.05, 4.69) is 25.8 Å². The van der Waals surface area contributed by atoms with Crippen LogP contribution < -0.4 is 16.3 Å². The van der Waals surface area contributed by atoms with E-state index in [9.17, 15) is 18.4 Å². The second-order valence-corrected chi connectivity index (χ2v) is 7.68. The molecule has 5 aromatic rings. The van der Waals surface area contributed by atoms with Gasteiger partial charge in [0.25, 0.3) is 5.91 Å². The Morgan fingerprint density at radius 2 is 1.89 bits per heavy atom. The van der Waals surface area contributed by atoms with Gasteiger partial charge in [0.15, 0.2) is 17.3 Å². The van der Waals surface area contributed by atoms with Gasteiger partial charge in [-0.1, -0.05) is 18.2 Å². The van der Waals surface area contributed by atoms with Crippen molar-refractivity contribution in [3.8, 4) is 11.1 Å². The van der Waals surface area contributed by atoms with Crippen molar-refractivity contribution in [3.63, 3.8) is 0 Å². The first-order chi connectivity index (χ1) is 17.0. The molecule has 8 nitrogen and oxygen atoms in total. The smallest absolute Gasteiger partial charge is 0.347 e. The summed E-state index contributed by atoms with van der Waals surface area (Å²) in [5.74, 6) is -2.03. The van der Waals surface area contributed by atoms with Crippen molar-refractivity contribution in [3.05, 3.63) is 112 Å². The molecule has 0 saturated carbocycles. The zero-order chi connectivity index (χ0) is 24.4. The average molecular weight is 472 g/mol. The van der Waals surface area contributed by atoms with Crippen LogP contribution in [0.25, 0.3) is 16.8 Å². The topological polar surface area (TPSA) is 104 Å². The summed E-state index contributed by atoms with van der Waals surface area (Å²) >= 11 is 0. The van der Waals surface area contributed by atoms with Crippen molar-refractivity contribution in [1.82, 2.24) is 24.9 Å². The van der Waals surface area contributed by atoms with Crippen molar-refractivity contribution in [2.75, 3.05) is 5.32 Å². The lowest BCUT2D eigenvalue weighted by molar-refractivity contribution is 0.0951. The van der Waals surface area contributed by atoms with Gasteiger partial charge >= 0.3 is 5.69 Å². The lowest BCUT2D eigenvalue weighted by Crippen LogP contribution is -2.24. The third-order valence-corrected chi connectivity index (χ3v) is 5.37. The molecule has 0 atom stereocenters. The van der Waals surface area contributed by atoms with Crippen LogP contribution in [0, 0.1) is 11.6 Å². The van der Waals surface area contributed by atoms with E-state index in [0.29, 0.717) is 22.7 Å². The molecule has 5 rings (SSSR count). The Bertz CT molecular complexity index is 1610. The highest BCUT2D eigenvalue weighted by Gasteiger charge is 2.14. The number of fused-ring (bicyclic) bond motifs is 1. The van der Waals surface area contributed by atoms with Gasteiger partial charge in [-0.2, -0.15) is 5.10 Å². The highest BCUT2D eigenvalue weighted by molar-refractivity contribution is 5.99. The minimum Gasteiger partial charge on any atom is -0.348 e. The number of rotatable bonds is 6. The van der Waals surface area contributed by atoms with Gasteiger partial charge in [0.2, 0.25) is 0 Å². The van der Waals surface area contributed by atoms with E-state index < -0.39 is 17.5 Å². The maximum absolute atomic E-state index is 13.4. The summed E-state index contributed by atoms with van der Waals surface area (Å²) in [6.45, 7) is 0.0207. The number of hydrogen-bond donors (Lipinski definition) is 3. The zero-order valence-corrected chi connectivity index (χ0v) is 18.1. The largest absolute Gasteiger partial charge is 0.348 e. The summed E-state index contributed by atoms with van der Waals surface area (Å²) in [5, 5.41) is 12.4. The summed E-state index contributed by atoms with van der Waals surface area (Å²) in [6.07, 6.45) is 3.18. The SMILES string of the molecule is O=C(NCc1ccc(F)c(F)c1)c1cccnc1Nc1cccc(-c2cccn3c(=O)[nH]nc23)c1. The quantitative estimate of drug-likeness (QED) is 0.346. The van der Waals surface area contributed by atoms with E-state index >= 15 is 0 Å². The van der Waals surface area contributed by atoms with Gasteiger partial charge in [-0.05, 0) is 59.7 Å². The van der Waals surface area contributed by atoms with Gasteiger partial charge < -0.3 is 10.6 Å². The first-order valence-electron chi connectivity index (χ1n) is 10.6. The maximum Gasteiger partial charge on any atom is 0.347 e. The number of amides is 1. The number of carbonyl (C=O) groups is 1. The monoisotopic (exact) mass is 472 g/mol. The number of carbonyl (C=O) groups excluding carboxylic acids is 1. The van der Waals surface area contributed by atoms with Crippen LogP contribution in [-0.2, 0) is 6.54 Å². The summed E-state index contributed by atoms with van der Waals surface area (Å²) in [4.78, 5) is 29.0. The molecule has 0 radical (unpaired) electrons. The molecule has 174 valence electrons. The molecule has 0 spiro atoms. The highest BCUT2D eigenvalue weighted by Crippen LogP contribution is 2.27. The number of anilines is 2. The predicted molar refractivity (Wildman–Crippen MR) is 126 cm³/mol. The van der Waals surface area contributed by atoms with E-state index in [1.165, 1.54) is 10.5 Å². The van der Waals surface area contributed by atoms with Crippen LogP contribution in [0.3, 0.4) is 0 Å². The Hall–Kier alpha value is -4.86. The fourth-order valence-corrected chi connectivity index (χ4v) is 3.67. The van der Waals surface area contributed by atoms with Gasteiger partial charge in [-0.25, -0.2) is 28.1 Å². The van der Waals surface area contributed by atoms with Crippen molar-refractivity contribution in [1.29, 1.82) is 0 Å². The Morgan fingerprint density at radius 3 is 2.74 bits per heavy atom. The van der Waals surface area contributed by atoms with Crippen LogP contribution >= 0.6 is 0 Å². The zero-order valence-electron chi connectivity index (χ0n) is 18.1. The Balaban J connectivity index is 1.38. The summed E-state index contributed by atoms with van der Waals surface area (Å²) < 4.78 is 28.0. The Kier molecular flexibility index (Phi) is 5.76. The standard InChI is InChI=1S/C25H18F2N6O2/c26-20-9-8-15(12-21(20)27)14-29-24(34)19-6-2-10-28-22(19)30-17-5-1-4-16(13-17)18-7-3-11-33-23(18)31-32-25(33)35/h1-13H,14H2,(H,28,30)(H,29,34)(H,32,35). The number of pyridine rings is 2. The van der Waals surface area contributed by atoms with Crippen LogP contribution in [0.15, 0.2) is 83.9 Å². The molecule has 1 amide bonds. The average Bonchev–Trinajstić information content (AvgIpc) is 3.26. The summed E-state index contributed by atoms with van der Waals surface area (Å²) in [5.41, 5.74) is 3.08. The number of nitrogens with zero attached hydrogens (tertiary/aromatic N) is 3. The molecule has 3 aromatic heterocycles. The van der Waals surface area contributed by atoms with E-state index in [-0.39, 0.29) is 17.8 Å². The Labute approximate surface area is 197 Å². The van der Waals surface area contributed by atoms with Crippen LogP contribution in [0.4, 0.5) is 20.3 Å². The second-order valence-electron chi connectivity index (χ2n) is 7.68. The van der Waals surface area contributed by atoms with Crippen molar-refractivity contribution in [2.24, 2.45) is 0 Å². The number of H-pyrrole nitrogens is 1. The van der Waals surface area contributed by atoms with Gasteiger partial charge in [-0.15, -0.1) is 0 Å². The summed E-state index contributed by atoms with van der Waals surface area (Å²) in [6, 6.07) is 17.7. The minimum absolute atomic E-state index is 0.0207. The van der Waals surface area contributed by atoms with Gasteiger partial charge in [0, 0.05) is 30.2 Å². The second kappa shape index (κ2) is 9.18. The molecule has 0 bridgehead atoms. The van der Waals surface area contributed by atoms with Crippen LogP contribution in [-0.4, -0.2) is 25.5 Å².